The van der Waals surface area contributed by atoms with Crippen molar-refractivity contribution >= 4 is 17.5 Å². The smallest absolute Gasteiger partial charge is 0.255 e. The van der Waals surface area contributed by atoms with Gasteiger partial charge in [-0.3, -0.25) is 9.78 Å². The topological polar surface area (TPSA) is 119 Å². The van der Waals surface area contributed by atoms with Crippen LogP contribution in [0.4, 0.5) is 16.0 Å². The highest BCUT2D eigenvalue weighted by Gasteiger charge is 2.17. The number of anilines is 2. The molecule has 0 bridgehead atoms. The third-order valence-electron chi connectivity index (χ3n) is 6.21. The number of benzene rings is 2. The molecule has 1 atom stereocenters. The Balaban J connectivity index is 1.40. The van der Waals surface area contributed by atoms with Gasteiger partial charge < -0.3 is 20.9 Å². The van der Waals surface area contributed by atoms with Crippen molar-refractivity contribution in [3.63, 3.8) is 0 Å². The highest BCUT2D eigenvalue weighted by molar-refractivity contribution is 5.99. The summed E-state index contributed by atoms with van der Waals surface area (Å²) in [5, 5.41) is 18.7. The Kier molecular flexibility index (Phi) is 9.33. The second kappa shape index (κ2) is 13.3. The van der Waals surface area contributed by atoms with E-state index in [2.05, 4.69) is 35.8 Å². The second-order valence-electron chi connectivity index (χ2n) is 9.55. The molecule has 0 spiro atoms. The predicted octanol–water partition coefficient (Wildman–Crippen LogP) is 4.63. The molecule has 0 aliphatic heterocycles. The average Bonchev–Trinajstić information content (AvgIpc) is 2.96. The number of halogens is 1. The summed E-state index contributed by atoms with van der Waals surface area (Å²) >= 11 is 0. The molecule has 3 N–H and O–H groups in total. The van der Waals surface area contributed by atoms with Crippen molar-refractivity contribution in [3.8, 4) is 17.3 Å². The van der Waals surface area contributed by atoms with Crippen molar-refractivity contribution in [3.05, 3.63) is 101 Å². The first kappa shape index (κ1) is 28.1. The van der Waals surface area contributed by atoms with E-state index in [0.717, 1.165) is 41.3 Å². The number of pyridine rings is 1. The molecule has 10 heteroatoms. The van der Waals surface area contributed by atoms with E-state index >= 15 is 0 Å². The van der Waals surface area contributed by atoms with Crippen LogP contribution in [0.1, 0.15) is 40.0 Å². The number of aromatic nitrogens is 3. The van der Waals surface area contributed by atoms with Crippen LogP contribution in [0.2, 0.25) is 0 Å². The summed E-state index contributed by atoms with van der Waals surface area (Å²) in [5.74, 6) is 0.350. The molecule has 0 aliphatic carbocycles. The number of likely N-dealkylation sites (N-methyl/N-ethyl adjacent to an activating group) is 1. The third-order valence-corrected chi connectivity index (χ3v) is 6.21. The molecule has 2 heterocycles. The molecule has 0 aliphatic rings. The first-order valence-electron chi connectivity index (χ1n) is 12.8. The monoisotopic (exact) mass is 538 g/mol. The van der Waals surface area contributed by atoms with E-state index in [1.165, 1.54) is 24.4 Å². The fraction of sp³-hybridized carbons (Fsp3) is 0.233. The molecular weight excluding hydrogens is 507 g/mol. The van der Waals surface area contributed by atoms with Crippen LogP contribution in [0.3, 0.4) is 0 Å². The molecule has 1 unspecified atom stereocenters. The van der Waals surface area contributed by atoms with Gasteiger partial charge in [0.05, 0.1) is 35.3 Å². The fourth-order valence-corrected chi connectivity index (χ4v) is 3.90. The SMILES string of the molecule is CC(NC(=O)c1cc(C#N)cnc1NCc1ccc(-c2cnc(NCCN(C)C)cn2)cc1)c1ccc(F)cc1. The average molecular weight is 539 g/mol. The van der Waals surface area contributed by atoms with E-state index < -0.39 is 5.91 Å². The molecule has 0 radical (unpaired) electrons. The lowest BCUT2D eigenvalue weighted by Crippen LogP contribution is -2.28. The largest absolute Gasteiger partial charge is 0.368 e. The normalized spacial score (nSPS) is 11.5. The zero-order valence-electron chi connectivity index (χ0n) is 22.6. The maximum atomic E-state index is 13.3. The van der Waals surface area contributed by atoms with Gasteiger partial charge in [-0.05, 0) is 50.3 Å². The molecule has 0 fully saturated rings. The summed E-state index contributed by atoms with van der Waals surface area (Å²) in [5.41, 5.74) is 3.95. The summed E-state index contributed by atoms with van der Waals surface area (Å²) in [6.45, 7) is 3.90. The number of nitrogens with one attached hydrogen (secondary N) is 3. The molecule has 40 heavy (non-hydrogen) atoms. The summed E-state index contributed by atoms with van der Waals surface area (Å²) in [4.78, 5) is 28.5. The number of nitrogens with zero attached hydrogens (tertiary/aromatic N) is 5. The minimum Gasteiger partial charge on any atom is -0.368 e. The van der Waals surface area contributed by atoms with E-state index in [1.807, 2.05) is 44.4 Å². The van der Waals surface area contributed by atoms with Crippen molar-refractivity contribution in [1.29, 1.82) is 5.26 Å². The van der Waals surface area contributed by atoms with Gasteiger partial charge in [0.1, 0.15) is 23.5 Å². The standard InChI is InChI=1S/C30H31FN8O/c1-20(23-8-10-25(31)11-9-23)38-30(40)26-14-22(15-32)17-37-29(26)36-16-21-4-6-24(7-5-21)27-18-35-28(19-34-27)33-12-13-39(2)3/h4-11,14,17-20H,12-13,16H2,1-3H3,(H,33,35)(H,36,37)(H,38,40). The van der Waals surface area contributed by atoms with Crippen LogP contribution in [0.25, 0.3) is 11.3 Å². The highest BCUT2D eigenvalue weighted by atomic mass is 19.1. The van der Waals surface area contributed by atoms with Gasteiger partial charge in [0, 0.05) is 31.4 Å². The highest BCUT2D eigenvalue weighted by Crippen LogP contribution is 2.21. The Hall–Kier alpha value is -4.88. The number of nitriles is 1. The van der Waals surface area contributed by atoms with E-state index in [1.54, 1.807) is 31.5 Å². The van der Waals surface area contributed by atoms with Gasteiger partial charge in [-0.2, -0.15) is 5.26 Å². The second-order valence-corrected chi connectivity index (χ2v) is 9.55. The summed E-state index contributed by atoms with van der Waals surface area (Å²) in [6.07, 6.45) is 4.88. The van der Waals surface area contributed by atoms with Gasteiger partial charge in [-0.1, -0.05) is 36.4 Å². The summed E-state index contributed by atoms with van der Waals surface area (Å²) in [6, 6.07) is 17.0. The molecule has 2 aromatic heterocycles. The van der Waals surface area contributed by atoms with Crippen LogP contribution in [0.15, 0.2) is 73.2 Å². The van der Waals surface area contributed by atoms with Crippen LogP contribution in [-0.4, -0.2) is 52.9 Å². The molecular formula is C30H31FN8O. The Morgan fingerprint density at radius 1 is 1.00 bits per heavy atom. The Morgan fingerprint density at radius 3 is 2.40 bits per heavy atom. The van der Waals surface area contributed by atoms with Crippen molar-refractivity contribution in [2.75, 3.05) is 37.8 Å². The Labute approximate surface area is 233 Å². The number of hydrogen-bond acceptors (Lipinski definition) is 8. The number of rotatable bonds is 11. The molecule has 204 valence electrons. The lowest BCUT2D eigenvalue weighted by atomic mass is 10.1. The zero-order chi connectivity index (χ0) is 28.5. The van der Waals surface area contributed by atoms with Crippen molar-refractivity contribution in [1.82, 2.24) is 25.2 Å². The minimum atomic E-state index is -0.391. The predicted molar refractivity (Wildman–Crippen MR) is 153 cm³/mol. The number of carbonyl (C=O) groups excluding carboxylic acids is 1. The molecule has 4 rings (SSSR count). The van der Waals surface area contributed by atoms with Gasteiger partial charge in [0.25, 0.3) is 5.91 Å². The maximum absolute atomic E-state index is 13.3. The lowest BCUT2D eigenvalue weighted by Gasteiger charge is -2.16. The van der Waals surface area contributed by atoms with Gasteiger partial charge in [-0.15, -0.1) is 0 Å². The maximum Gasteiger partial charge on any atom is 0.255 e. The van der Waals surface area contributed by atoms with Crippen LogP contribution in [-0.2, 0) is 6.54 Å². The van der Waals surface area contributed by atoms with Gasteiger partial charge in [0.15, 0.2) is 0 Å². The summed E-state index contributed by atoms with van der Waals surface area (Å²) < 4.78 is 13.3. The first-order chi connectivity index (χ1) is 19.3. The van der Waals surface area contributed by atoms with E-state index in [-0.39, 0.29) is 23.0 Å². The molecule has 0 saturated carbocycles. The summed E-state index contributed by atoms with van der Waals surface area (Å²) in [7, 11) is 4.04. The van der Waals surface area contributed by atoms with Crippen LogP contribution >= 0.6 is 0 Å². The quantitative estimate of drug-likeness (QED) is 0.253. The third kappa shape index (κ3) is 7.58. The van der Waals surface area contributed by atoms with E-state index in [9.17, 15) is 14.4 Å². The molecule has 0 saturated heterocycles. The number of hydrogen-bond donors (Lipinski definition) is 3. The van der Waals surface area contributed by atoms with Crippen molar-refractivity contribution < 1.29 is 9.18 Å². The minimum absolute atomic E-state index is 0.249. The van der Waals surface area contributed by atoms with Gasteiger partial charge >= 0.3 is 0 Å². The van der Waals surface area contributed by atoms with Crippen LogP contribution in [0, 0.1) is 17.1 Å². The van der Waals surface area contributed by atoms with Gasteiger partial charge in [-0.25, -0.2) is 14.4 Å². The Morgan fingerprint density at radius 2 is 1.75 bits per heavy atom. The molecule has 1 amide bonds. The van der Waals surface area contributed by atoms with E-state index in [0.29, 0.717) is 12.4 Å². The molecule has 9 nitrogen and oxygen atoms in total. The van der Waals surface area contributed by atoms with Crippen molar-refractivity contribution in [2.45, 2.75) is 19.5 Å². The molecule has 4 aromatic rings. The first-order valence-corrected chi connectivity index (χ1v) is 12.8. The van der Waals surface area contributed by atoms with Crippen LogP contribution in [0.5, 0.6) is 0 Å². The Bertz CT molecular complexity index is 1470. The van der Waals surface area contributed by atoms with Crippen LogP contribution < -0.4 is 16.0 Å². The molecule has 2 aromatic carbocycles. The lowest BCUT2D eigenvalue weighted by molar-refractivity contribution is 0.0940. The van der Waals surface area contributed by atoms with Gasteiger partial charge in [0.2, 0.25) is 0 Å². The number of amides is 1. The zero-order valence-corrected chi connectivity index (χ0v) is 22.6. The fourth-order valence-electron chi connectivity index (χ4n) is 3.90. The number of carbonyl (C=O) groups is 1. The van der Waals surface area contributed by atoms with E-state index in [4.69, 9.17) is 0 Å². The van der Waals surface area contributed by atoms with Crippen molar-refractivity contribution in [2.24, 2.45) is 0 Å².